The molecule has 0 spiro atoms. The summed E-state index contributed by atoms with van der Waals surface area (Å²) in [5.41, 5.74) is 0. The van der Waals surface area contributed by atoms with Gasteiger partial charge < -0.3 is 9.80 Å². The first kappa shape index (κ1) is 18.7. The third kappa shape index (κ3) is 6.24. The van der Waals surface area contributed by atoms with Gasteiger partial charge in [0, 0.05) is 47.3 Å². The fourth-order valence-corrected chi connectivity index (χ4v) is 2.28. The lowest BCUT2D eigenvalue weighted by Gasteiger charge is -2.32. The number of rotatable bonds is 8. The molecule has 0 bridgehead atoms. The third-order valence-corrected chi connectivity index (χ3v) is 3.19. The Bertz CT molecular complexity index is 298. The molecule has 0 N–H and O–H groups in total. The number of hydrogen-bond donors (Lipinski definition) is 0. The van der Waals surface area contributed by atoms with E-state index in [1.54, 1.807) is 0 Å². The summed E-state index contributed by atoms with van der Waals surface area (Å²) in [6.07, 6.45) is 3.89. The van der Waals surface area contributed by atoms with Crippen LogP contribution in [0.15, 0.2) is 30.3 Å². The van der Waals surface area contributed by atoms with Gasteiger partial charge in [-0.1, -0.05) is 26.0 Å². The number of guanidine groups is 1. The molecule has 1 atom stereocenters. The molecule has 0 aliphatic carbocycles. The summed E-state index contributed by atoms with van der Waals surface area (Å²) in [6, 6.07) is 0.390. The van der Waals surface area contributed by atoms with Gasteiger partial charge >= 0.3 is 0 Å². The van der Waals surface area contributed by atoms with Gasteiger partial charge in [0.25, 0.3) is 0 Å². The van der Waals surface area contributed by atoms with Crippen LogP contribution < -0.4 is 0 Å². The monoisotopic (exact) mass is 280 g/mol. The fraction of sp³-hybridized carbons (Fsp3) is 0.688. The highest BCUT2D eigenvalue weighted by Crippen LogP contribution is 2.12. The first-order valence-corrected chi connectivity index (χ1v) is 7.20. The van der Waals surface area contributed by atoms with Crippen molar-refractivity contribution < 1.29 is 0 Å². The highest BCUT2D eigenvalue weighted by Gasteiger charge is 2.20. The van der Waals surface area contributed by atoms with Crippen molar-refractivity contribution in [3.63, 3.8) is 0 Å². The summed E-state index contributed by atoms with van der Waals surface area (Å²) in [4.78, 5) is 11.2. The Morgan fingerprint density at radius 2 is 1.45 bits per heavy atom. The van der Waals surface area contributed by atoms with Crippen LogP contribution in [-0.4, -0.2) is 74.5 Å². The molecule has 0 heterocycles. The summed E-state index contributed by atoms with van der Waals surface area (Å²) in [7, 11) is 8.09. The topological polar surface area (TPSA) is 22.1 Å². The quantitative estimate of drug-likeness (QED) is 0.386. The Hall–Kier alpha value is -1.29. The Morgan fingerprint density at radius 1 is 1.00 bits per heavy atom. The second-order valence-corrected chi connectivity index (χ2v) is 5.77. The van der Waals surface area contributed by atoms with E-state index in [-0.39, 0.29) is 0 Å². The highest BCUT2D eigenvalue weighted by atomic mass is 15.3. The Labute approximate surface area is 125 Å². The number of hydrogen-bond acceptors (Lipinski definition) is 2. The lowest BCUT2D eigenvalue weighted by molar-refractivity contribution is 0.195. The van der Waals surface area contributed by atoms with Crippen LogP contribution in [0.2, 0.25) is 0 Å². The van der Waals surface area contributed by atoms with Crippen LogP contribution in [0.5, 0.6) is 0 Å². The molecule has 0 aromatic heterocycles. The minimum Gasteiger partial charge on any atom is -0.349 e. The zero-order valence-corrected chi connectivity index (χ0v) is 14.1. The minimum atomic E-state index is 0.390. The standard InChI is InChI=1S/C16H32N4/c1-9-11-20(12-10-2)15(14(3)4)13-17-16(18(5)6)19(7)8/h9-10,14-15H,1-2,11-13H2,3-8H3. The summed E-state index contributed by atoms with van der Waals surface area (Å²) >= 11 is 0. The molecule has 0 saturated carbocycles. The van der Waals surface area contributed by atoms with E-state index in [0.29, 0.717) is 12.0 Å². The van der Waals surface area contributed by atoms with Crippen molar-refractivity contribution in [1.29, 1.82) is 0 Å². The zero-order chi connectivity index (χ0) is 15.7. The van der Waals surface area contributed by atoms with Crippen LogP contribution in [-0.2, 0) is 0 Å². The SMILES string of the molecule is C=CCN(CC=C)C(CN=C(N(C)C)N(C)C)C(C)C. The van der Waals surface area contributed by atoms with E-state index in [9.17, 15) is 0 Å². The molecule has 4 nitrogen and oxygen atoms in total. The van der Waals surface area contributed by atoms with Crippen molar-refractivity contribution in [1.82, 2.24) is 14.7 Å². The van der Waals surface area contributed by atoms with Crippen LogP contribution in [0.1, 0.15) is 13.8 Å². The summed E-state index contributed by atoms with van der Waals surface area (Å²) in [5.74, 6) is 1.53. The molecule has 0 aliphatic heterocycles. The summed E-state index contributed by atoms with van der Waals surface area (Å²) in [5, 5.41) is 0. The normalized spacial score (nSPS) is 12.2. The maximum absolute atomic E-state index is 4.79. The maximum Gasteiger partial charge on any atom is 0.195 e. The van der Waals surface area contributed by atoms with Crippen molar-refractivity contribution >= 4 is 5.96 Å². The highest BCUT2D eigenvalue weighted by molar-refractivity contribution is 5.79. The van der Waals surface area contributed by atoms with Crippen LogP contribution in [0.25, 0.3) is 0 Å². The molecular weight excluding hydrogens is 248 g/mol. The molecule has 4 heteroatoms. The van der Waals surface area contributed by atoms with Gasteiger partial charge in [-0.05, 0) is 5.92 Å². The van der Waals surface area contributed by atoms with E-state index in [0.717, 1.165) is 25.6 Å². The summed E-state index contributed by atoms with van der Waals surface area (Å²) in [6.45, 7) is 14.7. The average molecular weight is 280 g/mol. The number of nitrogens with zero attached hydrogens (tertiary/aromatic N) is 4. The second-order valence-electron chi connectivity index (χ2n) is 5.77. The van der Waals surface area contributed by atoms with Gasteiger partial charge in [0.15, 0.2) is 5.96 Å². The second kappa shape index (κ2) is 9.59. The van der Waals surface area contributed by atoms with Crippen molar-refractivity contribution in [2.75, 3.05) is 47.8 Å². The maximum atomic E-state index is 4.79. The fourth-order valence-electron chi connectivity index (χ4n) is 2.28. The van der Waals surface area contributed by atoms with Crippen molar-refractivity contribution in [2.45, 2.75) is 19.9 Å². The van der Waals surface area contributed by atoms with Crippen LogP contribution in [0.3, 0.4) is 0 Å². The van der Waals surface area contributed by atoms with Gasteiger partial charge in [-0.2, -0.15) is 0 Å². The molecule has 0 rings (SSSR count). The van der Waals surface area contributed by atoms with Crippen molar-refractivity contribution in [3.8, 4) is 0 Å². The molecule has 0 saturated heterocycles. The molecule has 0 aliphatic rings. The lowest BCUT2D eigenvalue weighted by atomic mass is 10.0. The first-order chi connectivity index (χ1) is 9.34. The molecule has 0 aromatic rings. The van der Waals surface area contributed by atoms with E-state index in [1.165, 1.54) is 0 Å². The van der Waals surface area contributed by atoms with Gasteiger partial charge in [0.05, 0.1) is 6.54 Å². The lowest BCUT2D eigenvalue weighted by Crippen LogP contribution is -2.43. The molecule has 0 amide bonds. The van der Waals surface area contributed by atoms with Crippen LogP contribution >= 0.6 is 0 Å². The Morgan fingerprint density at radius 3 is 1.75 bits per heavy atom. The minimum absolute atomic E-state index is 0.390. The largest absolute Gasteiger partial charge is 0.349 e. The average Bonchev–Trinajstić information content (AvgIpc) is 2.33. The number of aliphatic imine (C=N–C) groups is 1. The molecule has 0 fully saturated rings. The molecular formula is C16H32N4. The van der Waals surface area contributed by atoms with Crippen LogP contribution in [0, 0.1) is 5.92 Å². The smallest absolute Gasteiger partial charge is 0.195 e. The summed E-state index contributed by atoms with van der Waals surface area (Å²) < 4.78 is 0. The van der Waals surface area contributed by atoms with Crippen molar-refractivity contribution in [3.05, 3.63) is 25.3 Å². The van der Waals surface area contributed by atoms with Gasteiger partial charge in [0.2, 0.25) is 0 Å². The van der Waals surface area contributed by atoms with E-state index in [1.807, 2.05) is 50.1 Å². The van der Waals surface area contributed by atoms with Crippen LogP contribution in [0.4, 0.5) is 0 Å². The van der Waals surface area contributed by atoms with Gasteiger partial charge in [-0.15, -0.1) is 13.2 Å². The van der Waals surface area contributed by atoms with E-state index >= 15 is 0 Å². The predicted octanol–water partition coefficient (Wildman–Crippen LogP) is 2.16. The van der Waals surface area contributed by atoms with Crippen molar-refractivity contribution in [2.24, 2.45) is 10.9 Å². The first-order valence-electron chi connectivity index (χ1n) is 7.20. The van der Waals surface area contributed by atoms with Gasteiger partial charge in [0.1, 0.15) is 0 Å². The van der Waals surface area contributed by atoms with Gasteiger partial charge in [-0.3, -0.25) is 9.89 Å². The molecule has 0 radical (unpaired) electrons. The molecule has 116 valence electrons. The Balaban J connectivity index is 5.04. The Kier molecular flexibility index (Phi) is 8.97. The van der Waals surface area contributed by atoms with E-state index in [4.69, 9.17) is 4.99 Å². The molecule has 20 heavy (non-hydrogen) atoms. The third-order valence-electron chi connectivity index (χ3n) is 3.19. The van der Waals surface area contributed by atoms with Gasteiger partial charge in [-0.25, -0.2) is 0 Å². The molecule has 1 unspecified atom stereocenters. The van der Waals surface area contributed by atoms with E-state index < -0.39 is 0 Å². The predicted molar refractivity (Wildman–Crippen MR) is 90.3 cm³/mol. The zero-order valence-electron chi connectivity index (χ0n) is 14.1. The molecule has 0 aromatic carbocycles. The van der Waals surface area contributed by atoms with E-state index in [2.05, 4.69) is 31.9 Å².